The average Bonchev–Trinajstić information content (AvgIpc) is 2.06. The van der Waals surface area contributed by atoms with Crippen LogP contribution in [0.25, 0.3) is 0 Å². The van der Waals surface area contributed by atoms with Crippen LogP contribution in [0.4, 0.5) is 0 Å². The van der Waals surface area contributed by atoms with Crippen molar-refractivity contribution >= 4 is 0 Å². The SMILES string of the molecule is C/C=C1/C=C(CCC)C=CC1. The van der Waals surface area contributed by atoms with Gasteiger partial charge in [-0.3, -0.25) is 0 Å². The lowest BCUT2D eigenvalue weighted by atomic mass is 9.99. The molecule has 0 aliphatic heterocycles. The summed E-state index contributed by atoms with van der Waals surface area (Å²) >= 11 is 0. The van der Waals surface area contributed by atoms with E-state index in [2.05, 4.69) is 38.2 Å². The van der Waals surface area contributed by atoms with Crippen LogP contribution in [0.2, 0.25) is 0 Å². The molecule has 0 atom stereocenters. The fourth-order valence-corrected chi connectivity index (χ4v) is 1.34. The minimum absolute atomic E-state index is 1.11. The maximum Gasteiger partial charge on any atom is -0.00974 e. The fourth-order valence-electron chi connectivity index (χ4n) is 1.34. The second-order valence-corrected chi connectivity index (χ2v) is 2.94. The lowest BCUT2D eigenvalue weighted by molar-refractivity contribution is 0.918. The van der Waals surface area contributed by atoms with Crippen molar-refractivity contribution in [2.45, 2.75) is 33.1 Å². The normalized spacial score (nSPS) is 20.5. The molecule has 1 aliphatic carbocycles. The number of rotatable bonds is 2. The van der Waals surface area contributed by atoms with Crippen molar-refractivity contribution in [3.8, 4) is 0 Å². The van der Waals surface area contributed by atoms with E-state index in [1.54, 1.807) is 0 Å². The van der Waals surface area contributed by atoms with Crippen molar-refractivity contribution in [1.29, 1.82) is 0 Å². The molecule has 0 aromatic rings. The maximum absolute atomic E-state index is 2.31. The fraction of sp³-hybridized carbons (Fsp3) is 0.455. The molecular weight excluding hydrogens is 132 g/mol. The molecular formula is C11H16. The van der Waals surface area contributed by atoms with Gasteiger partial charge in [0.1, 0.15) is 0 Å². The molecule has 0 nitrogen and oxygen atoms in total. The monoisotopic (exact) mass is 148 g/mol. The van der Waals surface area contributed by atoms with Gasteiger partial charge in [0, 0.05) is 0 Å². The molecule has 1 rings (SSSR count). The molecule has 0 fully saturated rings. The predicted molar refractivity (Wildman–Crippen MR) is 50.5 cm³/mol. The molecule has 1 aliphatic rings. The van der Waals surface area contributed by atoms with Crippen molar-refractivity contribution in [3.63, 3.8) is 0 Å². The summed E-state index contributed by atoms with van der Waals surface area (Å²) in [5.41, 5.74) is 2.93. The van der Waals surface area contributed by atoms with E-state index in [1.165, 1.54) is 24.0 Å². The van der Waals surface area contributed by atoms with E-state index in [-0.39, 0.29) is 0 Å². The van der Waals surface area contributed by atoms with Crippen LogP contribution in [0.15, 0.2) is 35.5 Å². The summed E-state index contributed by atoms with van der Waals surface area (Å²) in [6.07, 6.45) is 12.6. The standard InChI is InChI=1S/C11H16/c1-3-6-11-8-5-7-10(4-2)9-11/h4-5,8-9H,3,6-7H2,1-2H3/b10-4+. The molecule has 0 N–H and O–H groups in total. The summed E-state index contributed by atoms with van der Waals surface area (Å²) in [5, 5.41) is 0. The van der Waals surface area contributed by atoms with Crippen molar-refractivity contribution in [2.75, 3.05) is 0 Å². The van der Waals surface area contributed by atoms with E-state index in [0.717, 1.165) is 6.42 Å². The zero-order valence-electron chi connectivity index (χ0n) is 7.43. The highest BCUT2D eigenvalue weighted by molar-refractivity contribution is 5.36. The summed E-state index contributed by atoms with van der Waals surface area (Å²) in [5.74, 6) is 0. The van der Waals surface area contributed by atoms with Crippen LogP contribution < -0.4 is 0 Å². The molecule has 0 aromatic heterocycles. The minimum Gasteiger partial charge on any atom is -0.0841 e. The van der Waals surface area contributed by atoms with Crippen LogP contribution in [-0.2, 0) is 0 Å². The van der Waals surface area contributed by atoms with E-state index in [9.17, 15) is 0 Å². The van der Waals surface area contributed by atoms with Crippen LogP contribution in [-0.4, -0.2) is 0 Å². The van der Waals surface area contributed by atoms with Crippen LogP contribution in [0.3, 0.4) is 0 Å². The molecule has 0 heterocycles. The van der Waals surface area contributed by atoms with Gasteiger partial charge in [-0.2, -0.15) is 0 Å². The quantitative estimate of drug-likeness (QED) is 0.561. The number of hydrogen-bond acceptors (Lipinski definition) is 0. The molecule has 0 bridgehead atoms. The summed E-state index contributed by atoms with van der Waals surface area (Å²) in [4.78, 5) is 0. The smallest absolute Gasteiger partial charge is 0.00974 e. The van der Waals surface area contributed by atoms with Crippen LogP contribution >= 0.6 is 0 Å². The van der Waals surface area contributed by atoms with Gasteiger partial charge in [-0.1, -0.05) is 37.6 Å². The molecule has 0 radical (unpaired) electrons. The Labute approximate surface area is 69.3 Å². The minimum atomic E-state index is 1.11. The van der Waals surface area contributed by atoms with Gasteiger partial charge >= 0.3 is 0 Å². The Hall–Kier alpha value is -0.780. The molecule has 0 spiro atoms. The van der Waals surface area contributed by atoms with Gasteiger partial charge in [-0.15, -0.1) is 0 Å². The highest BCUT2D eigenvalue weighted by Gasteiger charge is 1.98. The maximum atomic E-state index is 2.31. The van der Waals surface area contributed by atoms with Crippen LogP contribution in [0.1, 0.15) is 33.1 Å². The van der Waals surface area contributed by atoms with Gasteiger partial charge in [-0.25, -0.2) is 0 Å². The Morgan fingerprint density at radius 1 is 1.55 bits per heavy atom. The third kappa shape index (κ3) is 2.38. The van der Waals surface area contributed by atoms with Gasteiger partial charge < -0.3 is 0 Å². The summed E-state index contributed by atoms with van der Waals surface area (Å²) < 4.78 is 0. The topological polar surface area (TPSA) is 0 Å². The molecule has 0 aromatic carbocycles. The predicted octanol–water partition coefficient (Wildman–Crippen LogP) is 3.62. The van der Waals surface area contributed by atoms with Gasteiger partial charge in [0.05, 0.1) is 0 Å². The third-order valence-electron chi connectivity index (χ3n) is 1.97. The first-order valence-electron chi connectivity index (χ1n) is 4.39. The third-order valence-corrected chi connectivity index (χ3v) is 1.97. The molecule has 0 amide bonds. The Bertz CT molecular complexity index is 204. The summed E-state index contributed by atoms with van der Waals surface area (Å²) in [6.45, 7) is 4.33. The zero-order chi connectivity index (χ0) is 8.10. The second-order valence-electron chi connectivity index (χ2n) is 2.94. The average molecular weight is 148 g/mol. The largest absolute Gasteiger partial charge is 0.0841 e. The highest BCUT2D eigenvalue weighted by Crippen LogP contribution is 2.18. The van der Waals surface area contributed by atoms with E-state index >= 15 is 0 Å². The zero-order valence-corrected chi connectivity index (χ0v) is 7.43. The van der Waals surface area contributed by atoms with Crippen LogP contribution in [0, 0.1) is 0 Å². The van der Waals surface area contributed by atoms with E-state index < -0.39 is 0 Å². The van der Waals surface area contributed by atoms with Gasteiger partial charge in [0.25, 0.3) is 0 Å². The Morgan fingerprint density at radius 2 is 2.36 bits per heavy atom. The molecule has 0 saturated carbocycles. The number of hydrogen-bond donors (Lipinski definition) is 0. The van der Waals surface area contributed by atoms with Gasteiger partial charge in [-0.05, 0) is 30.9 Å². The highest BCUT2D eigenvalue weighted by atomic mass is 14.0. The lowest BCUT2D eigenvalue weighted by Gasteiger charge is -2.07. The lowest BCUT2D eigenvalue weighted by Crippen LogP contribution is -1.87. The first kappa shape index (κ1) is 8.32. The first-order chi connectivity index (χ1) is 5.36. The summed E-state index contributed by atoms with van der Waals surface area (Å²) in [6, 6.07) is 0. The second kappa shape index (κ2) is 4.17. The molecule has 60 valence electrons. The van der Waals surface area contributed by atoms with E-state index in [0.29, 0.717) is 0 Å². The van der Waals surface area contributed by atoms with Gasteiger partial charge in [0.2, 0.25) is 0 Å². The van der Waals surface area contributed by atoms with Crippen molar-refractivity contribution < 1.29 is 0 Å². The van der Waals surface area contributed by atoms with E-state index in [4.69, 9.17) is 0 Å². The van der Waals surface area contributed by atoms with Crippen LogP contribution in [0.5, 0.6) is 0 Å². The first-order valence-corrected chi connectivity index (χ1v) is 4.39. The Kier molecular flexibility index (Phi) is 3.15. The molecule has 0 saturated heterocycles. The molecule has 0 heteroatoms. The number of allylic oxidation sites excluding steroid dienone is 6. The molecule has 11 heavy (non-hydrogen) atoms. The van der Waals surface area contributed by atoms with Crippen molar-refractivity contribution in [1.82, 2.24) is 0 Å². The summed E-state index contributed by atoms with van der Waals surface area (Å²) in [7, 11) is 0. The van der Waals surface area contributed by atoms with Crippen molar-refractivity contribution in [3.05, 3.63) is 35.5 Å². The van der Waals surface area contributed by atoms with Gasteiger partial charge in [0.15, 0.2) is 0 Å². The van der Waals surface area contributed by atoms with Crippen molar-refractivity contribution in [2.24, 2.45) is 0 Å². The Morgan fingerprint density at radius 3 is 3.00 bits per heavy atom. The molecule has 0 unspecified atom stereocenters. The van der Waals surface area contributed by atoms with E-state index in [1.807, 2.05) is 0 Å². The Balaban J connectivity index is 2.64.